The molecule has 20 heavy (non-hydrogen) atoms. The first-order valence-electron chi connectivity index (χ1n) is 7.08. The lowest BCUT2D eigenvalue weighted by Crippen LogP contribution is -2.48. The third-order valence-corrected chi connectivity index (χ3v) is 3.61. The lowest BCUT2D eigenvalue weighted by atomic mass is 10.2. The van der Waals surface area contributed by atoms with Crippen molar-refractivity contribution in [3.63, 3.8) is 0 Å². The van der Waals surface area contributed by atoms with E-state index in [1.54, 1.807) is 4.90 Å². The van der Waals surface area contributed by atoms with Gasteiger partial charge in [0.1, 0.15) is 5.75 Å². The Morgan fingerprint density at radius 3 is 2.85 bits per heavy atom. The van der Waals surface area contributed by atoms with Crippen LogP contribution in [0.15, 0.2) is 24.3 Å². The Hall–Kier alpha value is -1.59. The molecule has 0 radical (unpaired) electrons. The van der Waals surface area contributed by atoms with Gasteiger partial charge in [0, 0.05) is 38.8 Å². The predicted octanol–water partition coefficient (Wildman–Crippen LogP) is 0.688. The molecule has 1 saturated heterocycles. The maximum atomic E-state index is 11.6. The second kappa shape index (κ2) is 7.26. The molecule has 0 unspecified atom stereocenters. The number of ether oxygens (including phenoxy) is 1. The number of nitrogens with zero attached hydrogens (tertiary/aromatic N) is 2. The van der Waals surface area contributed by atoms with Gasteiger partial charge < -0.3 is 15.4 Å². The molecule has 5 heteroatoms. The molecule has 5 nitrogen and oxygen atoms in total. The predicted molar refractivity (Wildman–Crippen MR) is 78.5 cm³/mol. The summed E-state index contributed by atoms with van der Waals surface area (Å²) < 4.78 is 5.77. The SMILES string of the molecule is CN1CCN(CCCOc2ccccc2CN)CC1=O. The summed E-state index contributed by atoms with van der Waals surface area (Å²) in [5.41, 5.74) is 6.70. The van der Waals surface area contributed by atoms with Gasteiger partial charge in [0.05, 0.1) is 13.2 Å². The summed E-state index contributed by atoms with van der Waals surface area (Å²) in [5.74, 6) is 1.06. The van der Waals surface area contributed by atoms with Gasteiger partial charge >= 0.3 is 0 Å². The Balaban J connectivity index is 1.70. The Bertz CT molecular complexity index is 450. The summed E-state index contributed by atoms with van der Waals surface area (Å²) in [6.45, 7) is 4.32. The fourth-order valence-electron chi connectivity index (χ4n) is 2.28. The van der Waals surface area contributed by atoms with Crippen LogP contribution in [-0.2, 0) is 11.3 Å². The van der Waals surface area contributed by atoms with Crippen molar-refractivity contribution in [3.8, 4) is 5.75 Å². The third-order valence-electron chi connectivity index (χ3n) is 3.61. The van der Waals surface area contributed by atoms with Crippen molar-refractivity contribution in [2.75, 3.05) is 39.8 Å². The minimum Gasteiger partial charge on any atom is -0.493 e. The normalized spacial score (nSPS) is 16.5. The fourth-order valence-corrected chi connectivity index (χ4v) is 2.28. The molecular weight excluding hydrogens is 254 g/mol. The molecule has 0 atom stereocenters. The van der Waals surface area contributed by atoms with Gasteiger partial charge in [0.2, 0.25) is 5.91 Å². The summed E-state index contributed by atoms with van der Waals surface area (Å²) in [4.78, 5) is 15.5. The number of para-hydroxylation sites is 1. The zero-order chi connectivity index (χ0) is 14.4. The van der Waals surface area contributed by atoms with Crippen LogP contribution in [0, 0.1) is 0 Å². The Labute approximate surface area is 120 Å². The van der Waals surface area contributed by atoms with Crippen molar-refractivity contribution in [3.05, 3.63) is 29.8 Å². The van der Waals surface area contributed by atoms with E-state index in [0.29, 0.717) is 19.7 Å². The largest absolute Gasteiger partial charge is 0.493 e. The molecule has 0 saturated carbocycles. The number of piperazine rings is 1. The molecule has 1 aliphatic heterocycles. The van der Waals surface area contributed by atoms with Crippen molar-refractivity contribution in [2.45, 2.75) is 13.0 Å². The molecule has 1 fully saturated rings. The third kappa shape index (κ3) is 3.95. The number of carbonyl (C=O) groups excluding carboxylic acids is 1. The first kappa shape index (κ1) is 14.8. The van der Waals surface area contributed by atoms with Crippen LogP contribution in [0.2, 0.25) is 0 Å². The van der Waals surface area contributed by atoms with Gasteiger partial charge in [-0.25, -0.2) is 0 Å². The van der Waals surface area contributed by atoms with E-state index in [-0.39, 0.29) is 5.91 Å². The molecule has 0 spiro atoms. The van der Waals surface area contributed by atoms with E-state index in [0.717, 1.165) is 37.4 Å². The molecular formula is C15H23N3O2. The maximum absolute atomic E-state index is 11.6. The topological polar surface area (TPSA) is 58.8 Å². The standard InChI is InChI=1S/C15H23N3O2/c1-17-8-9-18(12-15(17)19)7-4-10-20-14-6-3-2-5-13(14)11-16/h2-3,5-6H,4,7-12,16H2,1H3. The Morgan fingerprint density at radius 1 is 1.30 bits per heavy atom. The lowest BCUT2D eigenvalue weighted by Gasteiger charge is -2.31. The quantitative estimate of drug-likeness (QED) is 0.777. The minimum atomic E-state index is 0.200. The van der Waals surface area contributed by atoms with Crippen molar-refractivity contribution in [1.29, 1.82) is 0 Å². The van der Waals surface area contributed by atoms with Crippen LogP contribution in [0.5, 0.6) is 5.75 Å². The van der Waals surface area contributed by atoms with Gasteiger partial charge in [-0.15, -0.1) is 0 Å². The zero-order valence-corrected chi connectivity index (χ0v) is 12.0. The number of likely N-dealkylation sites (N-methyl/N-ethyl adjacent to an activating group) is 1. The zero-order valence-electron chi connectivity index (χ0n) is 12.0. The van der Waals surface area contributed by atoms with E-state index >= 15 is 0 Å². The number of benzene rings is 1. The van der Waals surface area contributed by atoms with Crippen molar-refractivity contribution in [1.82, 2.24) is 9.80 Å². The average molecular weight is 277 g/mol. The van der Waals surface area contributed by atoms with E-state index in [1.807, 2.05) is 31.3 Å². The molecule has 1 aromatic rings. The second-order valence-electron chi connectivity index (χ2n) is 5.11. The first-order chi connectivity index (χ1) is 9.70. The molecule has 1 aliphatic rings. The van der Waals surface area contributed by atoms with Crippen LogP contribution in [0.1, 0.15) is 12.0 Å². The highest BCUT2D eigenvalue weighted by atomic mass is 16.5. The monoisotopic (exact) mass is 277 g/mol. The summed E-state index contributed by atoms with van der Waals surface area (Å²) in [6.07, 6.45) is 0.913. The fraction of sp³-hybridized carbons (Fsp3) is 0.533. The highest BCUT2D eigenvalue weighted by Gasteiger charge is 2.20. The number of carbonyl (C=O) groups is 1. The van der Waals surface area contributed by atoms with Gasteiger partial charge in [0.15, 0.2) is 0 Å². The second-order valence-corrected chi connectivity index (χ2v) is 5.11. The number of nitrogens with two attached hydrogens (primary N) is 1. The number of hydrogen-bond donors (Lipinski definition) is 1. The average Bonchev–Trinajstić information content (AvgIpc) is 2.47. The maximum Gasteiger partial charge on any atom is 0.236 e. The van der Waals surface area contributed by atoms with Crippen LogP contribution in [0.4, 0.5) is 0 Å². The Morgan fingerprint density at radius 2 is 2.10 bits per heavy atom. The number of hydrogen-bond acceptors (Lipinski definition) is 4. The highest BCUT2D eigenvalue weighted by Crippen LogP contribution is 2.17. The van der Waals surface area contributed by atoms with Gasteiger partial charge in [-0.2, -0.15) is 0 Å². The van der Waals surface area contributed by atoms with E-state index in [4.69, 9.17) is 10.5 Å². The summed E-state index contributed by atoms with van der Waals surface area (Å²) in [7, 11) is 1.85. The molecule has 1 amide bonds. The molecule has 2 rings (SSSR count). The van der Waals surface area contributed by atoms with E-state index in [9.17, 15) is 4.79 Å². The highest BCUT2D eigenvalue weighted by molar-refractivity contribution is 5.78. The number of rotatable bonds is 6. The number of amides is 1. The Kier molecular flexibility index (Phi) is 5.38. The lowest BCUT2D eigenvalue weighted by molar-refractivity contribution is -0.134. The van der Waals surface area contributed by atoms with Crippen LogP contribution < -0.4 is 10.5 Å². The molecule has 2 N–H and O–H groups in total. The molecule has 110 valence electrons. The molecule has 0 bridgehead atoms. The van der Waals surface area contributed by atoms with Gasteiger partial charge in [0.25, 0.3) is 0 Å². The molecule has 1 aromatic carbocycles. The molecule has 0 aromatic heterocycles. The van der Waals surface area contributed by atoms with Crippen molar-refractivity contribution in [2.24, 2.45) is 5.73 Å². The summed E-state index contributed by atoms with van der Waals surface area (Å²) >= 11 is 0. The minimum absolute atomic E-state index is 0.200. The van der Waals surface area contributed by atoms with Crippen LogP contribution in [-0.4, -0.2) is 55.5 Å². The smallest absolute Gasteiger partial charge is 0.236 e. The van der Waals surface area contributed by atoms with Crippen molar-refractivity contribution >= 4 is 5.91 Å². The van der Waals surface area contributed by atoms with E-state index in [1.165, 1.54) is 0 Å². The van der Waals surface area contributed by atoms with E-state index < -0.39 is 0 Å². The molecule has 0 aliphatic carbocycles. The van der Waals surface area contributed by atoms with Gasteiger partial charge in [-0.1, -0.05) is 18.2 Å². The van der Waals surface area contributed by atoms with Crippen LogP contribution in [0.3, 0.4) is 0 Å². The summed E-state index contributed by atoms with van der Waals surface area (Å²) in [5, 5.41) is 0. The molecule has 1 heterocycles. The van der Waals surface area contributed by atoms with Crippen LogP contribution >= 0.6 is 0 Å². The first-order valence-corrected chi connectivity index (χ1v) is 7.08. The summed E-state index contributed by atoms with van der Waals surface area (Å²) in [6, 6.07) is 7.84. The van der Waals surface area contributed by atoms with Crippen LogP contribution in [0.25, 0.3) is 0 Å². The van der Waals surface area contributed by atoms with Gasteiger partial charge in [-0.3, -0.25) is 9.69 Å². The van der Waals surface area contributed by atoms with Crippen molar-refractivity contribution < 1.29 is 9.53 Å². The van der Waals surface area contributed by atoms with E-state index in [2.05, 4.69) is 4.90 Å². The van der Waals surface area contributed by atoms with Gasteiger partial charge in [-0.05, 0) is 12.5 Å².